The van der Waals surface area contributed by atoms with Crippen LogP contribution in [0.1, 0.15) is 32.5 Å². The number of nitrogens with one attached hydrogen (secondary N) is 1. The van der Waals surface area contributed by atoms with Crippen molar-refractivity contribution in [3.63, 3.8) is 0 Å². The van der Waals surface area contributed by atoms with Gasteiger partial charge < -0.3 is 20.1 Å². The highest BCUT2D eigenvalue weighted by molar-refractivity contribution is 7.11. The molecule has 48 heavy (non-hydrogen) atoms. The molecule has 0 spiro atoms. The molecule has 0 aliphatic carbocycles. The fraction of sp³-hybridized carbons (Fsp3) is 0.281. The van der Waals surface area contributed by atoms with E-state index in [2.05, 4.69) is 25.3 Å². The normalized spacial score (nSPS) is 19.6. The van der Waals surface area contributed by atoms with Crippen molar-refractivity contribution >= 4 is 41.1 Å². The smallest absolute Gasteiger partial charge is 0.338 e. The minimum Gasteiger partial charge on any atom is -0.478 e. The van der Waals surface area contributed by atoms with E-state index >= 15 is 0 Å². The lowest BCUT2D eigenvalue weighted by atomic mass is 9.92. The maximum atomic E-state index is 14.1. The van der Waals surface area contributed by atoms with Crippen LogP contribution in [0.5, 0.6) is 0 Å². The number of amidine groups is 1. The molecular formula is C32H30FN9O5S. The van der Waals surface area contributed by atoms with Gasteiger partial charge in [-0.3, -0.25) is 14.8 Å². The van der Waals surface area contributed by atoms with E-state index in [9.17, 15) is 23.9 Å². The van der Waals surface area contributed by atoms with Gasteiger partial charge in [0.15, 0.2) is 10.8 Å². The fourth-order valence-corrected chi connectivity index (χ4v) is 6.84. The number of hydrogen-bond donors (Lipinski definition) is 2. The lowest BCUT2D eigenvalue weighted by Crippen LogP contribution is -2.53. The largest absolute Gasteiger partial charge is 0.478 e. The molecule has 5 heterocycles. The van der Waals surface area contributed by atoms with Crippen molar-refractivity contribution in [2.45, 2.75) is 19.0 Å². The van der Waals surface area contributed by atoms with Crippen LogP contribution in [0.4, 0.5) is 15.1 Å². The van der Waals surface area contributed by atoms with Crippen molar-refractivity contribution in [2.75, 3.05) is 44.7 Å². The Bertz CT molecular complexity index is 1960. The van der Waals surface area contributed by atoms with E-state index in [1.165, 1.54) is 58.6 Å². The average Bonchev–Trinajstić information content (AvgIpc) is 3.85. The molecule has 0 saturated carbocycles. The molecule has 0 radical (unpaired) electrons. The monoisotopic (exact) mass is 671 g/mol. The first-order chi connectivity index (χ1) is 23.2. The average molecular weight is 672 g/mol. The number of rotatable bonds is 8. The number of thiazole rings is 1. The van der Waals surface area contributed by atoms with Gasteiger partial charge in [-0.05, 0) is 54.4 Å². The van der Waals surface area contributed by atoms with E-state index in [0.717, 1.165) is 0 Å². The number of urea groups is 1. The van der Waals surface area contributed by atoms with E-state index in [0.29, 0.717) is 71.7 Å². The molecule has 3 aliphatic rings. The van der Waals surface area contributed by atoms with Gasteiger partial charge in [0.05, 0.1) is 36.5 Å². The third kappa shape index (κ3) is 5.79. The van der Waals surface area contributed by atoms with Crippen LogP contribution in [0.3, 0.4) is 0 Å². The number of piperazine rings is 1. The van der Waals surface area contributed by atoms with Crippen LogP contribution in [0.25, 0.3) is 5.69 Å². The predicted octanol–water partition coefficient (Wildman–Crippen LogP) is 3.01. The second kappa shape index (κ2) is 12.6. The zero-order valence-electron chi connectivity index (χ0n) is 25.9. The summed E-state index contributed by atoms with van der Waals surface area (Å²) in [6.45, 7) is 3.98. The van der Waals surface area contributed by atoms with Crippen LogP contribution < -0.4 is 10.2 Å². The van der Waals surface area contributed by atoms with Crippen LogP contribution in [-0.2, 0) is 9.53 Å². The summed E-state index contributed by atoms with van der Waals surface area (Å²) in [5.41, 5.74) is 3.01. The van der Waals surface area contributed by atoms with Crippen molar-refractivity contribution in [2.24, 2.45) is 4.99 Å². The van der Waals surface area contributed by atoms with Crippen LogP contribution in [0, 0.1) is 12.7 Å². The van der Waals surface area contributed by atoms with Crippen LogP contribution in [0.2, 0.25) is 0 Å². The third-order valence-corrected chi connectivity index (χ3v) is 9.39. The number of aryl methyl sites for hydroxylation is 1. The van der Waals surface area contributed by atoms with Gasteiger partial charge in [-0.15, -0.1) is 16.4 Å². The Morgan fingerprint density at radius 3 is 2.65 bits per heavy atom. The third-order valence-electron chi connectivity index (χ3n) is 8.61. The van der Waals surface area contributed by atoms with E-state index in [-0.39, 0.29) is 29.4 Å². The Hall–Kier alpha value is -5.48. The molecule has 4 aromatic rings. The van der Waals surface area contributed by atoms with Gasteiger partial charge in [0.25, 0.3) is 5.95 Å². The number of carbonyl (C=O) groups is 3. The number of esters is 1. The number of aromatic nitrogens is 4. The molecule has 2 aromatic heterocycles. The number of nitrogens with zero attached hydrogens (tertiary/aromatic N) is 8. The summed E-state index contributed by atoms with van der Waals surface area (Å²) in [4.78, 5) is 57.2. The van der Waals surface area contributed by atoms with Crippen LogP contribution >= 0.6 is 11.3 Å². The SMILES string of the molecule is COC(=O)C1=C(CN2CCN3C(=O)N(c4ncn(-c5ccc(C(=O)O)cc5)n4)C[C@@H]3C2)NC(c2nccs2)=N[C@H]1c1ccc(F)cc1C. The van der Waals surface area contributed by atoms with E-state index in [4.69, 9.17) is 9.73 Å². The first kappa shape index (κ1) is 31.1. The number of carboxylic acids is 1. The minimum atomic E-state index is -1.03. The number of carboxylic acid groups (broad SMARTS) is 1. The van der Waals surface area contributed by atoms with Crippen molar-refractivity contribution in [1.29, 1.82) is 0 Å². The number of methoxy groups -OCH3 is 1. The molecule has 2 aromatic carbocycles. The molecule has 14 nitrogen and oxygen atoms in total. The first-order valence-corrected chi connectivity index (χ1v) is 16.0. The summed E-state index contributed by atoms with van der Waals surface area (Å²) < 4.78 is 20.8. The lowest BCUT2D eigenvalue weighted by molar-refractivity contribution is -0.136. The lowest BCUT2D eigenvalue weighted by Gasteiger charge is -2.38. The summed E-state index contributed by atoms with van der Waals surface area (Å²) in [6, 6.07) is 9.50. The minimum absolute atomic E-state index is 0.154. The summed E-state index contributed by atoms with van der Waals surface area (Å²) in [6.07, 6.45) is 3.16. The summed E-state index contributed by atoms with van der Waals surface area (Å²) >= 11 is 1.41. The van der Waals surface area contributed by atoms with Crippen molar-refractivity contribution in [3.05, 3.63) is 99.2 Å². The Morgan fingerprint density at radius 2 is 1.94 bits per heavy atom. The topological polar surface area (TPSA) is 158 Å². The van der Waals surface area contributed by atoms with Crippen molar-refractivity contribution in [1.82, 2.24) is 34.9 Å². The summed E-state index contributed by atoms with van der Waals surface area (Å²) in [7, 11) is 1.32. The van der Waals surface area contributed by atoms with Crippen molar-refractivity contribution in [3.8, 4) is 5.69 Å². The number of ether oxygens (including phenoxy) is 1. The van der Waals surface area contributed by atoms with Gasteiger partial charge in [-0.1, -0.05) is 6.07 Å². The van der Waals surface area contributed by atoms with E-state index in [1.807, 2.05) is 5.38 Å². The quantitative estimate of drug-likeness (QED) is 0.267. The molecule has 7 rings (SSSR count). The maximum absolute atomic E-state index is 14.1. The Morgan fingerprint density at radius 1 is 1.12 bits per heavy atom. The van der Waals surface area contributed by atoms with Gasteiger partial charge in [-0.2, -0.15) is 4.98 Å². The predicted molar refractivity (Wildman–Crippen MR) is 173 cm³/mol. The van der Waals surface area contributed by atoms with Gasteiger partial charge in [0.2, 0.25) is 0 Å². The Labute approximate surface area is 277 Å². The fourth-order valence-electron chi connectivity index (χ4n) is 6.26. The van der Waals surface area contributed by atoms with E-state index in [1.54, 1.807) is 36.2 Å². The first-order valence-electron chi connectivity index (χ1n) is 15.1. The number of anilines is 1. The number of halogens is 1. The second-order valence-corrected chi connectivity index (χ2v) is 12.4. The standard InChI is InChI=1S/C32H30FN9O5S/c1-18-13-20(33)5-8-23(18)26-25(30(45)47-2)24(36-27(37-26)28-34-9-12-48-28)16-39-10-11-40-22(14-39)15-41(32(40)46)31-35-17-42(38-31)21-6-3-19(4-7-21)29(43)44/h3-9,12-13,17,22,26H,10-11,14-16H2,1-2H3,(H,36,37)(H,43,44)/t22-,26-/m0/s1. The van der Waals surface area contributed by atoms with Crippen LogP contribution in [0.15, 0.2) is 76.6 Å². The molecule has 0 unspecified atom stereocenters. The van der Waals surface area contributed by atoms with Gasteiger partial charge in [0, 0.05) is 43.5 Å². The number of benzene rings is 2. The number of carbonyl (C=O) groups excluding carboxylic acids is 2. The zero-order valence-corrected chi connectivity index (χ0v) is 26.7. The summed E-state index contributed by atoms with van der Waals surface area (Å²) in [5, 5.41) is 19.5. The molecule has 2 N–H and O–H groups in total. The number of hydrogen-bond acceptors (Lipinski definition) is 11. The number of fused-ring (bicyclic) bond motifs is 1. The zero-order chi connectivity index (χ0) is 33.5. The van der Waals surface area contributed by atoms with E-state index < -0.39 is 18.0 Å². The molecule has 2 atom stereocenters. The van der Waals surface area contributed by atoms with Gasteiger partial charge in [-0.25, -0.2) is 28.4 Å². The number of aliphatic imine (C=N–C) groups is 1. The van der Waals surface area contributed by atoms with Crippen LogP contribution in [-0.4, -0.2) is 104 Å². The highest BCUT2D eigenvalue weighted by Gasteiger charge is 2.43. The Balaban J connectivity index is 1.13. The molecule has 246 valence electrons. The highest BCUT2D eigenvalue weighted by Crippen LogP contribution is 2.35. The van der Waals surface area contributed by atoms with Crippen molar-refractivity contribution < 1.29 is 28.6 Å². The number of amides is 2. The molecule has 0 bridgehead atoms. The summed E-state index contributed by atoms with van der Waals surface area (Å²) in [5.74, 6) is -1.21. The highest BCUT2D eigenvalue weighted by atomic mass is 32.1. The second-order valence-electron chi connectivity index (χ2n) is 11.5. The molecule has 2 amide bonds. The molecule has 2 saturated heterocycles. The maximum Gasteiger partial charge on any atom is 0.338 e. The molecular weight excluding hydrogens is 641 g/mol. The number of aromatic carboxylic acids is 1. The van der Waals surface area contributed by atoms with Gasteiger partial charge >= 0.3 is 18.0 Å². The Kier molecular flexibility index (Phi) is 8.18. The molecule has 2 fully saturated rings. The molecule has 3 aliphatic heterocycles. The van der Waals surface area contributed by atoms with Gasteiger partial charge in [0.1, 0.15) is 18.2 Å². The molecule has 16 heteroatoms.